The Kier molecular flexibility index (Phi) is 7.33. The van der Waals surface area contributed by atoms with E-state index in [1.165, 1.54) is 5.39 Å². The lowest BCUT2D eigenvalue weighted by Crippen LogP contribution is -2.20. The second-order valence-corrected chi connectivity index (χ2v) is 9.29. The van der Waals surface area contributed by atoms with Gasteiger partial charge in [-0.1, -0.05) is 60.7 Å². The lowest BCUT2D eigenvalue weighted by molar-refractivity contribution is -0.115. The summed E-state index contributed by atoms with van der Waals surface area (Å²) in [4.78, 5) is 29.3. The van der Waals surface area contributed by atoms with Gasteiger partial charge in [0.1, 0.15) is 6.61 Å². The molecule has 0 aliphatic carbocycles. The molecule has 1 heterocycles. The number of thioether (sulfide) groups is 1. The molecule has 4 aromatic rings. The van der Waals surface area contributed by atoms with Crippen molar-refractivity contribution in [3.05, 3.63) is 113 Å². The summed E-state index contributed by atoms with van der Waals surface area (Å²) >= 11 is 1.13. The molecule has 0 saturated carbocycles. The fraction of sp³-hybridized carbons (Fsp3) is 0.100. The molecular formula is C30H24N2O4S. The maximum absolute atomic E-state index is 12.5. The maximum Gasteiger partial charge on any atom is 0.279 e. The zero-order valence-electron chi connectivity index (χ0n) is 20.1. The van der Waals surface area contributed by atoms with Gasteiger partial charge in [0.2, 0.25) is 0 Å². The highest BCUT2D eigenvalue weighted by Crippen LogP contribution is 2.32. The first kappa shape index (κ1) is 24.3. The van der Waals surface area contributed by atoms with Crippen LogP contribution in [0.15, 0.2) is 101 Å². The van der Waals surface area contributed by atoms with Crippen LogP contribution >= 0.6 is 11.8 Å². The van der Waals surface area contributed by atoms with Crippen LogP contribution < -0.4 is 14.8 Å². The molecule has 0 unspecified atom stereocenters. The van der Waals surface area contributed by atoms with E-state index in [2.05, 4.69) is 40.6 Å². The fourth-order valence-electron chi connectivity index (χ4n) is 3.86. The molecule has 0 spiro atoms. The predicted molar refractivity (Wildman–Crippen MR) is 148 cm³/mol. The van der Waals surface area contributed by atoms with Gasteiger partial charge in [-0.25, -0.2) is 0 Å². The van der Waals surface area contributed by atoms with E-state index in [1.807, 2.05) is 43.3 Å². The van der Waals surface area contributed by atoms with Crippen LogP contribution in [0.1, 0.15) is 28.4 Å². The molecule has 2 amide bonds. The van der Waals surface area contributed by atoms with Gasteiger partial charge in [0.15, 0.2) is 16.7 Å². The van der Waals surface area contributed by atoms with Crippen molar-refractivity contribution in [3.8, 4) is 11.5 Å². The number of nitrogens with one attached hydrogen (secondary N) is 1. The van der Waals surface area contributed by atoms with Gasteiger partial charge in [-0.3, -0.25) is 9.59 Å². The quantitative estimate of drug-likeness (QED) is 0.300. The lowest BCUT2D eigenvalue weighted by Gasteiger charge is -2.13. The third kappa shape index (κ3) is 5.90. The number of carbonyl (C=O) groups is 2. The molecular weight excluding hydrogens is 484 g/mol. The van der Waals surface area contributed by atoms with Crippen molar-refractivity contribution in [1.82, 2.24) is 5.32 Å². The van der Waals surface area contributed by atoms with Crippen LogP contribution in [0.5, 0.6) is 11.5 Å². The molecule has 1 N–H and O–H groups in total. The summed E-state index contributed by atoms with van der Waals surface area (Å²) in [5.74, 6) is 0.501. The van der Waals surface area contributed by atoms with Gasteiger partial charge < -0.3 is 14.8 Å². The Morgan fingerprint density at radius 2 is 1.68 bits per heavy atom. The summed E-state index contributed by atoms with van der Waals surface area (Å²) in [6.45, 7) is 2.78. The number of benzene rings is 4. The number of nitrogens with zero attached hydrogens (tertiary/aromatic N) is 1. The number of hydrogen-bond donors (Lipinski definition) is 1. The van der Waals surface area contributed by atoms with Gasteiger partial charge in [-0.15, -0.1) is 0 Å². The van der Waals surface area contributed by atoms with Crippen molar-refractivity contribution in [2.45, 2.75) is 13.5 Å². The van der Waals surface area contributed by atoms with Crippen molar-refractivity contribution in [1.29, 1.82) is 0 Å². The van der Waals surface area contributed by atoms with Crippen molar-refractivity contribution in [2.24, 2.45) is 4.99 Å². The van der Waals surface area contributed by atoms with E-state index in [0.29, 0.717) is 35.2 Å². The minimum atomic E-state index is -0.406. The van der Waals surface area contributed by atoms with E-state index in [0.717, 1.165) is 28.3 Å². The number of hydrogen-bond acceptors (Lipinski definition) is 5. The van der Waals surface area contributed by atoms with Gasteiger partial charge in [-0.2, -0.15) is 4.99 Å². The van der Waals surface area contributed by atoms with Crippen LogP contribution in [0.2, 0.25) is 0 Å². The molecule has 1 saturated heterocycles. The molecule has 6 nitrogen and oxygen atoms in total. The third-order valence-electron chi connectivity index (χ3n) is 5.65. The zero-order chi connectivity index (χ0) is 25.6. The molecule has 0 bridgehead atoms. The Bertz CT molecular complexity index is 1530. The molecule has 4 aromatic carbocycles. The largest absolute Gasteiger partial charge is 0.490 e. The molecule has 7 heteroatoms. The normalized spacial score (nSPS) is 15.2. The summed E-state index contributed by atoms with van der Waals surface area (Å²) < 4.78 is 11.9. The van der Waals surface area contributed by atoms with Crippen LogP contribution in [0.4, 0.5) is 0 Å². The first-order valence-electron chi connectivity index (χ1n) is 11.9. The average molecular weight is 509 g/mol. The van der Waals surface area contributed by atoms with Crippen LogP contribution in [-0.4, -0.2) is 23.6 Å². The first-order chi connectivity index (χ1) is 18.1. The monoisotopic (exact) mass is 508 g/mol. The molecule has 1 aliphatic heterocycles. The number of rotatable bonds is 7. The Morgan fingerprint density at radius 1 is 0.892 bits per heavy atom. The molecule has 184 valence electrons. The minimum Gasteiger partial charge on any atom is -0.490 e. The average Bonchev–Trinajstić information content (AvgIpc) is 3.26. The highest BCUT2D eigenvalue weighted by Gasteiger charge is 2.25. The molecule has 0 aromatic heterocycles. The van der Waals surface area contributed by atoms with Gasteiger partial charge in [-0.05, 0) is 77.0 Å². The number of amidine groups is 1. The summed E-state index contributed by atoms with van der Waals surface area (Å²) in [6.07, 6.45) is 1.74. The summed E-state index contributed by atoms with van der Waals surface area (Å²) in [5.41, 5.74) is 2.29. The van der Waals surface area contributed by atoms with Gasteiger partial charge >= 0.3 is 0 Å². The second-order valence-electron chi connectivity index (χ2n) is 8.26. The molecule has 5 rings (SSSR count). The summed E-state index contributed by atoms with van der Waals surface area (Å²) in [5, 5.41) is 5.26. The lowest BCUT2D eigenvalue weighted by atomic mass is 10.1. The Balaban J connectivity index is 1.31. The van der Waals surface area contributed by atoms with E-state index in [4.69, 9.17) is 9.47 Å². The minimum absolute atomic E-state index is 0.255. The molecule has 1 aliphatic rings. The van der Waals surface area contributed by atoms with Gasteiger partial charge in [0, 0.05) is 5.56 Å². The van der Waals surface area contributed by atoms with Crippen LogP contribution in [-0.2, 0) is 11.4 Å². The highest BCUT2D eigenvalue weighted by molar-refractivity contribution is 8.18. The standard InChI is InChI=1S/C30H24N2O4S/c1-2-35-26-17-20(13-15-25(26)36-19-21-12-14-22-8-6-7-11-24(22)16-21)18-27-29(34)32-30(37-27)31-28(33)23-9-4-3-5-10-23/h3-18H,2,19H2,1H3,(H,31,32,33,34)/b27-18-. The number of ether oxygens (including phenoxy) is 2. The van der Waals surface area contributed by atoms with Gasteiger partial charge in [0.05, 0.1) is 11.5 Å². The zero-order valence-corrected chi connectivity index (χ0v) is 21.0. The molecule has 0 atom stereocenters. The van der Waals surface area contributed by atoms with Crippen molar-refractivity contribution in [3.63, 3.8) is 0 Å². The fourth-order valence-corrected chi connectivity index (χ4v) is 4.68. The second kappa shape index (κ2) is 11.1. The number of aliphatic imine (C=N–C) groups is 1. The first-order valence-corrected chi connectivity index (χ1v) is 12.7. The van der Waals surface area contributed by atoms with Crippen LogP contribution in [0, 0.1) is 0 Å². The third-order valence-corrected chi connectivity index (χ3v) is 6.56. The Labute approximate surface area is 219 Å². The van der Waals surface area contributed by atoms with Crippen LogP contribution in [0.25, 0.3) is 16.8 Å². The SMILES string of the molecule is CCOc1cc(/C=C2\SC(=NC(=O)c3ccccc3)NC2=O)ccc1OCc1ccc2ccccc2c1. The van der Waals surface area contributed by atoms with Crippen molar-refractivity contribution in [2.75, 3.05) is 6.61 Å². The number of fused-ring (bicyclic) bond motifs is 1. The van der Waals surface area contributed by atoms with E-state index in [1.54, 1.807) is 30.3 Å². The topological polar surface area (TPSA) is 77.0 Å². The molecule has 0 radical (unpaired) electrons. The van der Waals surface area contributed by atoms with E-state index >= 15 is 0 Å². The predicted octanol–water partition coefficient (Wildman–Crippen LogP) is 6.22. The molecule has 37 heavy (non-hydrogen) atoms. The van der Waals surface area contributed by atoms with Crippen LogP contribution in [0.3, 0.4) is 0 Å². The van der Waals surface area contributed by atoms with Gasteiger partial charge in [0.25, 0.3) is 11.8 Å². The number of amides is 2. The Morgan fingerprint density at radius 3 is 2.49 bits per heavy atom. The van der Waals surface area contributed by atoms with E-state index in [-0.39, 0.29) is 11.1 Å². The molecule has 1 fully saturated rings. The smallest absolute Gasteiger partial charge is 0.279 e. The number of carbonyl (C=O) groups excluding carboxylic acids is 2. The highest BCUT2D eigenvalue weighted by atomic mass is 32.2. The van der Waals surface area contributed by atoms with Crippen molar-refractivity contribution >= 4 is 45.6 Å². The maximum atomic E-state index is 12.5. The van der Waals surface area contributed by atoms with E-state index in [9.17, 15) is 9.59 Å². The summed E-state index contributed by atoms with van der Waals surface area (Å²) in [7, 11) is 0. The van der Waals surface area contributed by atoms with E-state index < -0.39 is 5.91 Å². The Hall–Kier alpha value is -4.36. The van der Waals surface area contributed by atoms with Crippen molar-refractivity contribution < 1.29 is 19.1 Å². The summed E-state index contributed by atoms with van der Waals surface area (Å²) in [6, 6.07) is 28.7.